The van der Waals surface area contributed by atoms with Gasteiger partial charge in [0.25, 0.3) is 0 Å². The van der Waals surface area contributed by atoms with E-state index in [1.807, 2.05) is 6.07 Å². The molecule has 1 aliphatic carbocycles. The molecule has 0 saturated heterocycles. The van der Waals surface area contributed by atoms with Crippen molar-refractivity contribution >= 4 is 12.0 Å². The molecular formula is C16H20N2O3. The molecule has 5 nitrogen and oxygen atoms in total. The number of ether oxygens (including phenoxy) is 1. The van der Waals surface area contributed by atoms with E-state index in [1.54, 1.807) is 18.2 Å². The molecular weight excluding hydrogens is 268 g/mol. The third-order valence-corrected chi connectivity index (χ3v) is 3.41. The molecule has 2 amide bonds. The quantitative estimate of drug-likeness (QED) is 0.660. The number of methoxy groups -OCH3 is 1. The van der Waals surface area contributed by atoms with E-state index < -0.39 is 0 Å². The van der Waals surface area contributed by atoms with Crippen LogP contribution >= 0.6 is 0 Å². The van der Waals surface area contributed by atoms with Crippen molar-refractivity contribution in [1.82, 2.24) is 10.6 Å². The first-order valence-electron chi connectivity index (χ1n) is 7.05. The summed E-state index contributed by atoms with van der Waals surface area (Å²) >= 11 is 0. The molecule has 0 aliphatic heterocycles. The van der Waals surface area contributed by atoms with Gasteiger partial charge in [0.15, 0.2) is 0 Å². The highest BCUT2D eigenvalue weighted by molar-refractivity contribution is 5.89. The molecule has 1 aromatic rings. The van der Waals surface area contributed by atoms with E-state index >= 15 is 0 Å². The van der Waals surface area contributed by atoms with E-state index in [0.29, 0.717) is 12.1 Å². The molecule has 0 bridgehead atoms. The number of esters is 1. The number of rotatable bonds is 4. The highest BCUT2D eigenvalue weighted by Crippen LogP contribution is 2.10. The van der Waals surface area contributed by atoms with Crippen molar-refractivity contribution in [2.75, 3.05) is 7.11 Å². The summed E-state index contributed by atoms with van der Waals surface area (Å²) in [6, 6.07) is 7.05. The average molecular weight is 288 g/mol. The van der Waals surface area contributed by atoms with Crippen molar-refractivity contribution in [2.24, 2.45) is 0 Å². The van der Waals surface area contributed by atoms with Crippen LogP contribution < -0.4 is 10.6 Å². The Kier molecular flexibility index (Phi) is 5.37. The van der Waals surface area contributed by atoms with E-state index in [4.69, 9.17) is 0 Å². The third-order valence-electron chi connectivity index (χ3n) is 3.41. The van der Waals surface area contributed by atoms with Crippen LogP contribution in [0.1, 0.15) is 35.2 Å². The lowest BCUT2D eigenvalue weighted by Gasteiger charge is -2.19. The number of urea groups is 1. The predicted molar refractivity (Wildman–Crippen MR) is 79.9 cm³/mol. The van der Waals surface area contributed by atoms with Gasteiger partial charge in [0.05, 0.1) is 12.7 Å². The first kappa shape index (κ1) is 15.1. The van der Waals surface area contributed by atoms with Crippen molar-refractivity contribution in [3.05, 3.63) is 47.5 Å². The Morgan fingerprint density at radius 1 is 1.33 bits per heavy atom. The maximum atomic E-state index is 11.8. The number of nitrogens with one attached hydrogen (secondary N) is 2. The predicted octanol–water partition coefficient (Wildman–Crippen LogP) is 2.38. The van der Waals surface area contributed by atoms with Gasteiger partial charge in [0, 0.05) is 12.6 Å². The Morgan fingerprint density at radius 3 is 2.90 bits per heavy atom. The Hall–Kier alpha value is -2.30. The summed E-state index contributed by atoms with van der Waals surface area (Å²) in [5.41, 5.74) is 1.34. The van der Waals surface area contributed by atoms with E-state index in [9.17, 15) is 9.59 Å². The van der Waals surface area contributed by atoms with Gasteiger partial charge in [0.1, 0.15) is 0 Å². The first-order valence-corrected chi connectivity index (χ1v) is 7.05. The molecule has 0 fully saturated rings. The average Bonchev–Trinajstić information content (AvgIpc) is 2.53. The van der Waals surface area contributed by atoms with Gasteiger partial charge in [-0.2, -0.15) is 0 Å². The SMILES string of the molecule is COC(=O)c1cccc(CNC(=O)N[C@H]2CC=CCC2)c1. The minimum absolute atomic E-state index is 0.182. The summed E-state index contributed by atoms with van der Waals surface area (Å²) in [5, 5.41) is 5.75. The molecule has 5 heteroatoms. The van der Waals surface area contributed by atoms with Crippen LogP contribution in [0.15, 0.2) is 36.4 Å². The van der Waals surface area contributed by atoms with Crippen molar-refractivity contribution in [3.63, 3.8) is 0 Å². The van der Waals surface area contributed by atoms with Crippen LogP contribution in [0.5, 0.6) is 0 Å². The maximum absolute atomic E-state index is 11.8. The van der Waals surface area contributed by atoms with Gasteiger partial charge in [-0.1, -0.05) is 24.3 Å². The zero-order chi connectivity index (χ0) is 15.1. The fourth-order valence-corrected chi connectivity index (χ4v) is 2.27. The van der Waals surface area contributed by atoms with Crippen LogP contribution in [-0.2, 0) is 11.3 Å². The van der Waals surface area contributed by atoms with Crippen molar-refractivity contribution in [1.29, 1.82) is 0 Å². The molecule has 1 atom stereocenters. The fourth-order valence-electron chi connectivity index (χ4n) is 2.27. The Bertz CT molecular complexity index is 540. The second kappa shape index (κ2) is 7.47. The fraction of sp³-hybridized carbons (Fsp3) is 0.375. The van der Waals surface area contributed by atoms with Gasteiger partial charge in [-0.05, 0) is 37.0 Å². The maximum Gasteiger partial charge on any atom is 0.337 e. The molecule has 1 aromatic carbocycles. The molecule has 0 saturated carbocycles. The van der Waals surface area contributed by atoms with Gasteiger partial charge in [-0.15, -0.1) is 0 Å². The molecule has 0 radical (unpaired) electrons. The largest absolute Gasteiger partial charge is 0.465 e. The third kappa shape index (κ3) is 4.63. The number of carbonyl (C=O) groups excluding carboxylic acids is 2. The summed E-state index contributed by atoms with van der Waals surface area (Å²) in [4.78, 5) is 23.3. The zero-order valence-corrected chi connectivity index (χ0v) is 12.1. The Balaban J connectivity index is 1.83. The molecule has 0 unspecified atom stereocenters. The summed E-state index contributed by atoms with van der Waals surface area (Å²) in [5.74, 6) is -0.379. The minimum Gasteiger partial charge on any atom is -0.465 e. The standard InChI is InChI=1S/C16H20N2O3/c1-21-15(19)13-7-5-6-12(10-13)11-17-16(20)18-14-8-3-2-4-9-14/h2-3,5-7,10,14H,4,8-9,11H2,1H3,(H2,17,18,20)/t14-/m0/s1. The second-order valence-electron chi connectivity index (χ2n) is 5.00. The van der Waals surface area contributed by atoms with E-state index in [2.05, 4.69) is 27.5 Å². The summed E-state index contributed by atoms with van der Waals surface area (Å²) in [6.45, 7) is 0.374. The molecule has 0 heterocycles. The zero-order valence-electron chi connectivity index (χ0n) is 12.1. The number of hydrogen-bond donors (Lipinski definition) is 2. The number of benzene rings is 1. The molecule has 21 heavy (non-hydrogen) atoms. The van der Waals surface area contributed by atoms with Crippen LogP contribution in [0.4, 0.5) is 4.79 Å². The van der Waals surface area contributed by atoms with Crippen molar-refractivity contribution in [3.8, 4) is 0 Å². The lowest BCUT2D eigenvalue weighted by molar-refractivity contribution is 0.0600. The van der Waals surface area contributed by atoms with E-state index in [0.717, 1.165) is 24.8 Å². The highest BCUT2D eigenvalue weighted by Gasteiger charge is 2.12. The topological polar surface area (TPSA) is 67.4 Å². The molecule has 2 N–H and O–H groups in total. The smallest absolute Gasteiger partial charge is 0.337 e. The monoisotopic (exact) mass is 288 g/mol. The van der Waals surface area contributed by atoms with Crippen LogP contribution in [-0.4, -0.2) is 25.2 Å². The molecule has 0 aromatic heterocycles. The summed E-state index contributed by atoms with van der Waals surface area (Å²) < 4.78 is 4.67. The van der Waals surface area contributed by atoms with Crippen LogP contribution in [0.25, 0.3) is 0 Å². The first-order chi connectivity index (χ1) is 10.2. The minimum atomic E-state index is -0.379. The van der Waals surface area contributed by atoms with Gasteiger partial charge in [-0.3, -0.25) is 0 Å². The number of amides is 2. The van der Waals surface area contributed by atoms with Gasteiger partial charge in [0.2, 0.25) is 0 Å². The lowest BCUT2D eigenvalue weighted by atomic mass is 10.0. The number of hydrogen-bond acceptors (Lipinski definition) is 3. The summed E-state index contributed by atoms with van der Waals surface area (Å²) in [6.07, 6.45) is 7.09. The van der Waals surface area contributed by atoms with E-state index in [1.165, 1.54) is 7.11 Å². The van der Waals surface area contributed by atoms with E-state index in [-0.39, 0.29) is 18.0 Å². The van der Waals surface area contributed by atoms with Gasteiger partial charge < -0.3 is 15.4 Å². The van der Waals surface area contributed by atoms with Gasteiger partial charge >= 0.3 is 12.0 Å². The van der Waals surface area contributed by atoms with Gasteiger partial charge in [-0.25, -0.2) is 9.59 Å². The number of carbonyl (C=O) groups is 2. The second-order valence-corrected chi connectivity index (χ2v) is 5.00. The molecule has 112 valence electrons. The number of allylic oxidation sites excluding steroid dienone is 1. The Morgan fingerprint density at radius 2 is 2.19 bits per heavy atom. The normalized spacial score (nSPS) is 17.1. The van der Waals surface area contributed by atoms with Crippen LogP contribution in [0.3, 0.4) is 0 Å². The van der Waals surface area contributed by atoms with Crippen LogP contribution in [0.2, 0.25) is 0 Å². The molecule has 1 aliphatic rings. The Labute approximate surface area is 124 Å². The van der Waals surface area contributed by atoms with Crippen molar-refractivity contribution in [2.45, 2.75) is 31.8 Å². The molecule has 0 spiro atoms. The molecule has 2 rings (SSSR count). The lowest BCUT2D eigenvalue weighted by Crippen LogP contribution is -2.42. The summed E-state index contributed by atoms with van der Waals surface area (Å²) in [7, 11) is 1.35. The van der Waals surface area contributed by atoms with Crippen LogP contribution in [0, 0.1) is 0 Å². The highest BCUT2D eigenvalue weighted by atomic mass is 16.5. The van der Waals surface area contributed by atoms with Crippen molar-refractivity contribution < 1.29 is 14.3 Å².